The number of hydrogen-bond donors (Lipinski definition) is 1. The molecule has 1 aromatic rings. The molecular formula is C15H18N2O2. The van der Waals surface area contributed by atoms with Crippen LogP contribution in [0.5, 0.6) is 0 Å². The molecule has 1 saturated carbocycles. The number of carbonyl (C=O) groups is 2. The van der Waals surface area contributed by atoms with Crippen molar-refractivity contribution in [1.29, 1.82) is 0 Å². The van der Waals surface area contributed by atoms with Crippen molar-refractivity contribution in [3.63, 3.8) is 0 Å². The molecule has 2 aliphatic rings. The summed E-state index contributed by atoms with van der Waals surface area (Å²) in [6.07, 6.45) is 1.63. The first-order chi connectivity index (χ1) is 9.20. The fraction of sp³-hybridized carbons (Fsp3) is 0.467. The zero-order valence-corrected chi connectivity index (χ0v) is 11.0. The molecule has 0 bridgehead atoms. The van der Waals surface area contributed by atoms with Gasteiger partial charge in [0.05, 0.1) is 6.54 Å². The Morgan fingerprint density at radius 3 is 2.68 bits per heavy atom. The molecule has 1 saturated heterocycles. The highest BCUT2D eigenvalue weighted by molar-refractivity contribution is 5.95. The van der Waals surface area contributed by atoms with Crippen LogP contribution in [0.15, 0.2) is 30.3 Å². The van der Waals surface area contributed by atoms with E-state index >= 15 is 0 Å². The first kappa shape index (κ1) is 12.2. The van der Waals surface area contributed by atoms with E-state index in [0.717, 1.165) is 6.42 Å². The molecule has 0 radical (unpaired) electrons. The summed E-state index contributed by atoms with van der Waals surface area (Å²) in [4.78, 5) is 25.7. The van der Waals surface area contributed by atoms with Crippen molar-refractivity contribution in [2.75, 3.05) is 6.54 Å². The Balaban J connectivity index is 1.73. The third-order valence-electron chi connectivity index (χ3n) is 4.02. The second-order valence-corrected chi connectivity index (χ2v) is 5.31. The van der Waals surface area contributed by atoms with Crippen molar-refractivity contribution in [3.05, 3.63) is 35.9 Å². The molecule has 1 N–H and O–H groups in total. The smallest absolute Gasteiger partial charge is 0.245 e. The molecule has 4 nitrogen and oxygen atoms in total. The Labute approximate surface area is 112 Å². The topological polar surface area (TPSA) is 49.4 Å². The number of hydrogen-bond acceptors (Lipinski definition) is 2. The van der Waals surface area contributed by atoms with Crippen LogP contribution in [0, 0.1) is 0 Å². The number of carbonyl (C=O) groups excluding carboxylic acids is 2. The first-order valence-corrected chi connectivity index (χ1v) is 6.85. The Hall–Kier alpha value is -1.84. The second kappa shape index (κ2) is 4.68. The number of benzene rings is 1. The molecule has 3 rings (SSSR count). The highest BCUT2D eigenvalue weighted by atomic mass is 16.2. The summed E-state index contributed by atoms with van der Waals surface area (Å²) in [5, 5.41) is 2.75. The van der Waals surface area contributed by atoms with Crippen LogP contribution < -0.4 is 5.32 Å². The highest BCUT2D eigenvalue weighted by Gasteiger charge is 2.48. The molecule has 1 aromatic carbocycles. The Morgan fingerprint density at radius 2 is 2.00 bits per heavy atom. The summed E-state index contributed by atoms with van der Waals surface area (Å²) in [6.45, 7) is 2.14. The molecule has 4 heteroatoms. The minimum absolute atomic E-state index is 0.0369. The van der Waals surface area contributed by atoms with Crippen LogP contribution in [0.3, 0.4) is 0 Å². The van der Waals surface area contributed by atoms with Crippen molar-refractivity contribution in [1.82, 2.24) is 10.2 Å². The standard InChI is InChI=1S/C15H18N2O2/c1-2-12-15(19)17(9-14(18)16-12)13-8-11(13)10-6-4-3-5-7-10/h3-7,11-13H,2,8-9H2,1H3,(H,16,18). The molecule has 3 unspecified atom stereocenters. The van der Waals surface area contributed by atoms with Gasteiger partial charge in [-0.25, -0.2) is 0 Å². The lowest BCUT2D eigenvalue weighted by molar-refractivity contribution is -0.145. The summed E-state index contributed by atoms with van der Waals surface area (Å²) in [5.41, 5.74) is 1.26. The predicted molar refractivity (Wildman–Crippen MR) is 71.5 cm³/mol. The highest BCUT2D eigenvalue weighted by Crippen LogP contribution is 2.45. The van der Waals surface area contributed by atoms with Gasteiger partial charge in [0.15, 0.2) is 0 Å². The van der Waals surface area contributed by atoms with E-state index in [1.54, 1.807) is 4.90 Å². The Bertz CT molecular complexity index is 500. The van der Waals surface area contributed by atoms with Gasteiger partial charge in [-0.05, 0) is 18.4 Å². The number of rotatable bonds is 3. The van der Waals surface area contributed by atoms with Gasteiger partial charge in [-0.15, -0.1) is 0 Å². The molecule has 1 heterocycles. The first-order valence-electron chi connectivity index (χ1n) is 6.85. The molecule has 1 aliphatic heterocycles. The average Bonchev–Trinajstić information content (AvgIpc) is 3.22. The summed E-state index contributed by atoms with van der Waals surface area (Å²) in [6, 6.07) is 10.1. The molecule has 2 fully saturated rings. The Kier molecular flexibility index (Phi) is 3.01. The fourth-order valence-corrected chi connectivity index (χ4v) is 2.88. The maximum Gasteiger partial charge on any atom is 0.245 e. The normalized spacial score (nSPS) is 30.2. The van der Waals surface area contributed by atoms with Gasteiger partial charge < -0.3 is 10.2 Å². The van der Waals surface area contributed by atoms with Crippen LogP contribution in [0.1, 0.15) is 31.2 Å². The lowest BCUT2D eigenvalue weighted by Crippen LogP contribution is -2.58. The van der Waals surface area contributed by atoms with Crippen LogP contribution in [0.25, 0.3) is 0 Å². The quantitative estimate of drug-likeness (QED) is 0.888. The van der Waals surface area contributed by atoms with E-state index in [9.17, 15) is 9.59 Å². The van der Waals surface area contributed by atoms with Gasteiger partial charge in [-0.1, -0.05) is 37.3 Å². The summed E-state index contributed by atoms with van der Waals surface area (Å²) in [7, 11) is 0. The number of piperazine rings is 1. The Morgan fingerprint density at radius 1 is 1.26 bits per heavy atom. The van der Waals surface area contributed by atoms with Crippen molar-refractivity contribution >= 4 is 11.8 Å². The fourth-order valence-electron chi connectivity index (χ4n) is 2.88. The number of amides is 2. The van der Waals surface area contributed by atoms with E-state index in [1.165, 1.54) is 5.56 Å². The molecule has 3 atom stereocenters. The average molecular weight is 258 g/mol. The van der Waals surface area contributed by atoms with Crippen LogP contribution >= 0.6 is 0 Å². The van der Waals surface area contributed by atoms with E-state index in [1.807, 2.05) is 25.1 Å². The maximum absolute atomic E-state index is 12.3. The second-order valence-electron chi connectivity index (χ2n) is 5.31. The van der Waals surface area contributed by atoms with Gasteiger partial charge in [-0.3, -0.25) is 9.59 Å². The predicted octanol–water partition coefficient (Wildman–Crippen LogP) is 1.28. The molecular weight excluding hydrogens is 240 g/mol. The van der Waals surface area contributed by atoms with Gasteiger partial charge in [0, 0.05) is 12.0 Å². The maximum atomic E-state index is 12.3. The molecule has 1 aliphatic carbocycles. The van der Waals surface area contributed by atoms with Crippen molar-refractivity contribution < 1.29 is 9.59 Å². The third kappa shape index (κ3) is 2.23. The zero-order chi connectivity index (χ0) is 13.4. The lowest BCUT2D eigenvalue weighted by Gasteiger charge is -2.32. The van der Waals surface area contributed by atoms with E-state index < -0.39 is 0 Å². The van der Waals surface area contributed by atoms with Gasteiger partial charge in [-0.2, -0.15) is 0 Å². The summed E-state index contributed by atoms with van der Waals surface area (Å²) < 4.78 is 0. The number of nitrogens with one attached hydrogen (secondary N) is 1. The van der Waals surface area contributed by atoms with Crippen LogP contribution in [0.4, 0.5) is 0 Å². The van der Waals surface area contributed by atoms with Crippen LogP contribution in [0.2, 0.25) is 0 Å². The molecule has 19 heavy (non-hydrogen) atoms. The van der Waals surface area contributed by atoms with Crippen molar-refractivity contribution in [2.45, 2.75) is 37.8 Å². The SMILES string of the molecule is CCC1NC(=O)CN(C2CC2c2ccccc2)C1=O. The lowest BCUT2D eigenvalue weighted by atomic mass is 10.1. The van der Waals surface area contributed by atoms with Gasteiger partial charge in [0.2, 0.25) is 11.8 Å². The monoisotopic (exact) mass is 258 g/mol. The van der Waals surface area contributed by atoms with Gasteiger partial charge in [0.1, 0.15) is 6.04 Å². The molecule has 0 spiro atoms. The minimum Gasteiger partial charge on any atom is -0.343 e. The van der Waals surface area contributed by atoms with Crippen LogP contribution in [-0.4, -0.2) is 35.3 Å². The molecule has 100 valence electrons. The number of nitrogens with zero attached hydrogens (tertiary/aromatic N) is 1. The van der Waals surface area contributed by atoms with E-state index in [2.05, 4.69) is 17.4 Å². The van der Waals surface area contributed by atoms with Gasteiger partial charge in [0.25, 0.3) is 0 Å². The third-order valence-corrected chi connectivity index (χ3v) is 4.02. The zero-order valence-electron chi connectivity index (χ0n) is 11.0. The van der Waals surface area contributed by atoms with Crippen LogP contribution in [-0.2, 0) is 9.59 Å². The van der Waals surface area contributed by atoms with Crippen molar-refractivity contribution in [2.24, 2.45) is 0 Å². The molecule has 2 amide bonds. The largest absolute Gasteiger partial charge is 0.343 e. The van der Waals surface area contributed by atoms with E-state index in [-0.39, 0.29) is 30.4 Å². The summed E-state index contributed by atoms with van der Waals surface area (Å²) in [5.74, 6) is 0.434. The van der Waals surface area contributed by atoms with Gasteiger partial charge >= 0.3 is 0 Å². The summed E-state index contributed by atoms with van der Waals surface area (Å²) >= 11 is 0. The molecule has 0 aromatic heterocycles. The van der Waals surface area contributed by atoms with Crippen molar-refractivity contribution in [3.8, 4) is 0 Å². The van der Waals surface area contributed by atoms with E-state index in [4.69, 9.17) is 0 Å². The minimum atomic E-state index is -0.335. The van der Waals surface area contributed by atoms with E-state index in [0.29, 0.717) is 12.3 Å².